The maximum atomic E-state index is 13.1. The van der Waals surface area contributed by atoms with Gasteiger partial charge in [-0.15, -0.1) is 0 Å². The molecule has 0 fully saturated rings. The van der Waals surface area contributed by atoms with Crippen LogP contribution in [0.25, 0.3) is 5.70 Å². The summed E-state index contributed by atoms with van der Waals surface area (Å²) in [4.78, 5) is 12.8. The first-order valence-electron chi connectivity index (χ1n) is 8.14. The molecule has 0 aromatic heterocycles. The molecule has 1 aromatic carbocycles. The summed E-state index contributed by atoms with van der Waals surface area (Å²) in [5, 5.41) is 0. The summed E-state index contributed by atoms with van der Waals surface area (Å²) < 4.78 is 49.7. The van der Waals surface area contributed by atoms with Crippen LogP contribution >= 0.6 is 0 Å². The van der Waals surface area contributed by atoms with E-state index < -0.39 is 12.1 Å². The SMILES string of the molecule is CCC(CC)=C1c2cc(OC)c(OC)cc2CCN1C(=O)C(F)(F)F. The molecule has 1 amide bonds. The molecule has 138 valence electrons. The molecule has 0 unspecified atom stereocenters. The largest absolute Gasteiger partial charge is 0.493 e. The molecule has 4 nitrogen and oxygen atoms in total. The van der Waals surface area contributed by atoms with Crippen LogP contribution < -0.4 is 9.47 Å². The van der Waals surface area contributed by atoms with Crippen LogP contribution in [0, 0.1) is 0 Å². The van der Waals surface area contributed by atoms with Gasteiger partial charge in [0.25, 0.3) is 0 Å². The zero-order valence-electron chi connectivity index (χ0n) is 14.8. The van der Waals surface area contributed by atoms with Crippen LogP contribution in [0.15, 0.2) is 17.7 Å². The second-order valence-electron chi connectivity index (χ2n) is 5.73. The van der Waals surface area contributed by atoms with Gasteiger partial charge in [0.05, 0.1) is 19.9 Å². The Morgan fingerprint density at radius 1 is 1.12 bits per heavy atom. The number of carbonyl (C=O) groups excluding carboxylic acids is 1. The van der Waals surface area contributed by atoms with E-state index in [2.05, 4.69) is 0 Å². The van der Waals surface area contributed by atoms with Crippen molar-refractivity contribution in [3.8, 4) is 11.5 Å². The summed E-state index contributed by atoms with van der Waals surface area (Å²) in [6, 6.07) is 3.43. The van der Waals surface area contributed by atoms with Gasteiger partial charge in [0.2, 0.25) is 0 Å². The van der Waals surface area contributed by atoms with Gasteiger partial charge < -0.3 is 14.4 Å². The molecule has 0 saturated heterocycles. The van der Waals surface area contributed by atoms with Gasteiger partial charge >= 0.3 is 12.1 Å². The summed E-state index contributed by atoms with van der Waals surface area (Å²) in [5.74, 6) is -0.889. The number of hydrogen-bond acceptors (Lipinski definition) is 3. The van der Waals surface area contributed by atoms with E-state index in [9.17, 15) is 18.0 Å². The molecule has 1 aromatic rings. The van der Waals surface area contributed by atoms with Gasteiger partial charge in [0.1, 0.15) is 0 Å². The first-order valence-corrected chi connectivity index (χ1v) is 8.14. The monoisotopic (exact) mass is 357 g/mol. The number of benzene rings is 1. The van der Waals surface area contributed by atoms with E-state index in [0.29, 0.717) is 42.0 Å². The van der Waals surface area contributed by atoms with Crippen LogP contribution in [0.5, 0.6) is 11.5 Å². The number of allylic oxidation sites excluding steroid dienone is 1. The second-order valence-corrected chi connectivity index (χ2v) is 5.73. The minimum Gasteiger partial charge on any atom is -0.493 e. The fourth-order valence-corrected chi connectivity index (χ4v) is 3.16. The lowest BCUT2D eigenvalue weighted by Crippen LogP contribution is -2.43. The van der Waals surface area contributed by atoms with Crippen molar-refractivity contribution in [3.05, 3.63) is 28.8 Å². The lowest BCUT2D eigenvalue weighted by atomic mass is 9.91. The molecule has 25 heavy (non-hydrogen) atoms. The van der Waals surface area contributed by atoms with Crippen LogP contribution in [-0.4, -0.2) is 37.7 Å². The fourth-order valence-electron chi connectivity index (χ4n) is 3.16. The molecule has 0 radical (unpaired) electrons. The Morgan fingerprint density at radius 3 is 2.16 bits per heavy atom. The highest BCUT2D eigenvalue weighted by Crippen LogP contribution is 2.41. The number of nitrogens with zero attached hydrogens (tertiary/aromatic N) is 1. The van der Waals surface area contributed by atoms with Crippen LogP contribution in [0.4, 0.5) is 13.2 Å². The molecule has 0 saturated carbocycles. The number of amides is 1. The Hall–Kier alpha value is -2.18. The maximum absolute atomic E-state index is 13.1. The molecule has 0 spiro atoms. The summed E-state index contributed by atoms with van der Waals surface area (Å²) in [5.41, 5.74) is 2.58. The predicted octanol–water partition coefficient (Wildman–Crippen LogP) is 4.18. The summed E-state index contributed by atoms with van der Waals surface area (Å²) in [6.45, 7) is 3.73. The Morgan fingerprint density at radius 2 is 1.68 bits per heavy atom. The first kappa shape index (κ1) is 19.1. The van der Waals surface area contributed by atoms with Gasteiger partial charge in [-0.25, -0.2) is 0 Å². The van der Waals surface area contributed by atoms with E-state index in [1.165, 1.54) is 14.2 Å². The molecular weight excluding hydrogens is 335 g/mol. The molecule has 7 heteroatoms. The topological polar surface area (TPSA) is 38.8 Å². The third-order valence-electron chi connectivity index (χ3n) is 4.42. The Bertz CT molecular complexity index is 690. The zero-order valence-corrected chi connectivity index (χ0v) is 14.8. The van der Waals surface area contributed by atoms with Gasteiger partial charge in [-0.2, -0.15) is 13.2 Å². The lowest BCUT2D eigenvalue weighted by molar-refractivity contribution is -0.182. The minimum atomic E-state index is -4.91. The van der Waals surface area contributed by atoms with Gasteiger partial charge in [-0.1, -0.05) is 13.8 Å². The Balaban J connectivity index is 2.69. The third-order valence-corrected chi connectivity index (χ3v) is 4.42. The standard InChI is InChI=1S/C18H22F3NO3/c1-5-11(6-2)16-13-10-15(25-4)14(24-3)9-12(13)7-8-22(16)17(23)18(19,20)21/h9-10H,5-8H2,1-4H3. The molecule has 0 N–H and O–H groups in total. The summed E-state index contributed by atoms with van der Waals surface area (Å²) >= 11 is 0. The predicted molar refractivity (Wildman–Crippen MR) is 88.5 cm³/mol. The number of rotatable bonds is 4. The Labute approximate surface area is 145 Å². The smallest absolute Gasteiger partial charge is 0.471 e. The number of carbonyl (C=O) groups is 1. The van der Waals surface area contributed by atoms with Crippen LogP contribution in [0.2, 0.25) is 0 Å². The van der Waals surface area contributed by atoms with Crippen molar-refractivity contribution in [2.45, 2.75) is 39.3 Å². The highest BCUT2D eigenvalue weighted by molar-refractivity contribution is 5.93. The van der Waals surface area contributed by atoms with E-state index in [4.69, 9.17) is 9.47 Å². The van der Waals surface area contributed by atoms with Crippen LogP contribution in [-0.2, 0) is 11.2 Å². The van der Waals surface area contributed by atoms with Crippen molar-refractivity contribution >= 4 is 11.6 Å². The average Bonchev–Trinajstić information content (AvgIpc) is 2.60. The number of hydrogen-bond donors (Lipinski definition) is 0. The first-order chi connectivity index (χ1) is 11.8. The molecule has 2 rings (SSSR count). The molecule has 0 atom stereocenters. The highest BCUT2D eigenvalue weighted by Gasteiger charge is 2.45. The van der Waals surface area contributed by atoms with Crippen molar-refractivity contribution < 1.29 is 27.4 Å². The number of halogens is 3. The molecule has 0 aliphatic carbocycles. The van der Waals surface area contributed by atoms with Crippen molar-refractivity contribution in [1.29, 1.82) is 0 Å². The van der Waals surface area contributed by atoms with Gasteiger partial charge in [0, 0.05) is 12.1 Å². The number of methoxy groups -OCH3 is 2. The van der Waals surface area contributed by atoms with Crippen LogP contribution in [0.3, 0.4) is 0 Å². The molecule has 1 aliphatic rings. The number of alkyl halides is 3. The van der Waals surface area contributed by atoms with Crippen molar-refractivity contribution in [2.75, 3.05) is 20.8 Å². The van der Waals surface area contributed by atoms with Crippen molar-refractivity contribution in [2.24, 2.45) is 0 Å². The van der Waals surface area contributed by atoms with Gasteiger partial charge in [-0.3, -0.25) is 4.79 Å². The molecular formula is C18H22F3NO3. The third kappa shape index (κ3) is 3.60. The van der Waals surface area contributed by atoms with E-state index in [0.717, 1.165) is 16.0 Å². The number of fused-ring (bicyclic) bond motifs is 1. The van der Waals surface area contributed by atoms with Gasteiger partial charge in [0.15, 0.2) is 11.5 Å². The summed E-state index contributed by atoms with van der Waals surface area (Å²) in [7, 11) is 2.97. The Kier molecular flexibility index (Phi) is 5.65. The van der Waals surface area contributed by atoms with E-state index in [1.54, 1.807) is 12.1 Å². The van der Waals surface area contributed by atoms with E-state index >= 15 is 0 Å². The molecule has 1 aliphatic heterocycles. The summed E-state index contributed by atoms with van der Waals surface area (Å²) in [6.07, 6.45) is -3.48. The zero-order chi connectivity index (χ0) is 18.8. The quantitative estimate of drug-likeness (QED) is 0.811. The number of ether oxygens (including phenoxy) is 2. The van der Waals surface area contributed by atoms with E-state index in [1.807, 2.05) is 13.8 Å². The highest BCUT2D eigenvalue weighted by atomic mass is 19.4. The van der Waals surface area contributed by atoms with Crippen molar-refractivity contribution in [3.63, 3.8) is 0 Å². The van der Waals surface area contributed by atoms with Crippen molar-refractivity contribution in [1.82, 2.24) is 4.90 Å². The second kappa shape index (κ2) is 7.37. The van der Waals surface area contributed by atoms with Crippen LogP contribution in [0.1, 0.15) is 37.8 Å². The van der Waals surface area contributed by atoms with E-state index in [-0.39, 0.29) is 6.54 Å². The normalized spacial score (nSPS) is 14.2. The fraction of sp³-hybridized carbons (Fsp3) is 0.500. The maximum Gasteiger partial charge on any atom is 0.471 e. The average molecular weight is 357 g/mol. The minimum absolute atomic E-state index is 0.0142. The molecule has 0 bridgehead atoms. The van der Waals surface area contributed by atoms with Gasteiger partial charge in [-0.05, 0) is 42.5 Å². The molecule has 1 heterocycles. The lowest BCUT2D eigenvalue weighted by Gasteiger charge is -2.34.